The quantitative estimate of drug-likeness (QED) is 0.474. The van der Waals surface area contributed by atoms with E-state index in [4.69, 9.17) is 11.6 Å². The highest BCUT2D eigenvalue weighted by Gasteiger charge is 2.19. The lowest BCUT2D eigenvalue weighted by molar-refractivity contribution is 0.665. The Morgan fingerprint density at radius 3 is 2.68 bits per heavy atom. The van der Waals surface area contributed by atoms with Gasteiger partial charge in [-0.1, -0.05) is 60.1 Å². The molecule has 0 spiro atoms. The van der Waals surface area contributed by atoms with Gasteiger partial charge in [0.25, 0.3) is 0 Å². The lowest BCUT2D eigenvalue weighted by atomic mass is 9.87. The molecule has 2 nitrogen and oxygen atoms in total. The van der Waals surface area contributed by atoms with E-state index < -0.39 is 0 Å². The fourth-order valence-corrected chi connectivity index (χ4v) is 3.94. The molecule has 0 saturated heterocycles. The summed E-state index contributed by atoms with van der Waals surface area (Å²) in [4.78, 5) is 3.39. The maximum Gasteiger partial charge on any atom is 0.0502 e. The summed E-state index contributed by atoms with van der Waals surface area (Å²) in [5.74, 6) is 0.297. The van der Waals surface area contributed by atoms with Crippen molar-refractivity contribution in [2.75, 3.05) is 13.6 Å². The van der Waals surface area contributed by atoms with Crippen LogP contribution in [0.15, 0.2) is 66.9 Å². The molecule has 0 fully saturated rings. The van der Waals surface area contributed by atoms with E-state index in [9.17, 15) is 0 Å². The van der Waals surface area contributed by atoms with Crippen LogP contribution in [0.1, 0.15) is 23.5 Å². The molecule has 126 valence electrons. The molecule has 1 heterocycles. The van der Waals surface area contributed by atoms with Gasteiger partial charge in [0, 0.05) is 23.0 Å². The summed E-state index contributed by atoms with van der Waals surface area (Å²) in [5.41, 5.74) is 3.69. The SMILES string of the molecule is CNCCC(c1ccc2ccccc2c1)c1c[nH]c2cccc(Cl)c12. The third kappa shape index (κ3) is 3.04. The molecule has 0 aliphatic heterocycles. The Balaban J connectivity index is 1.86. The molecule has 0 bridgehead atoms. The fourth-order valence-electron chi connectivity index (χ4n) is 3.66. The average Bonchev–Trinajstić information content (AvgIpc) is 3.07. The maximum absolute atomic E-state index is 6.53. The Bertz CT molecular complexity index is 1020. The second-order valence-electron chi connectivity index (χ2n) is 6.46. The number of aromatic nitrogens is 1. The minimum atomic E-state index is 0.297. The van der Waals surface area contributed by atoms with E-state index in [0.717, 1.165) is 28.9 Å². The van der Waals surface area contributed by atoms with Crippen molar-refractivity contribution in [1.29, 1.82) is 0 Å². The van der Waals surface area contributed by atoms with Gasteiger partial charge in [-0.3, -0.25) is 0 Å². The maximum atomic E-state index is 6.53. The summed E-state index contributed by atoms with van der Waals surface area (Å²) in [5, 5.41) is 7.79. The van der Waals surface area contributed by atoms with Gasteiger partial charge in [0.05, 0.1) is 5.02 Å². The first-order valence-electron chi connectivity index (χ1n) is 8.66. The molecule has 3 aromatic carbocycles. The molecule has 0 radical (unpaired) electrons. The Kier molecular flexibility index (Phi) is 4.48. The molecule has 0 amide bonds. The fraction of sp³-hybridized carbons (Fsp3) is 0.182. The Hall–Kier alpha value is -2.29. The minimum absolute atomic E-state index is 0.297. The van der Waals surface area contributed by atoms with Gasteiger partial charge in [-0.2, -0.15) is 0 Å². The summed E-state index contributed by atoms with van der Waals surface area (Å²) >= 11 is 6.53. The zero-order valence-corrected chi connectivity index (χ0v) is 15.0. The number of nitrogens with one attached hydrogen (secondary N) is 2. The van der Waals surface area contributed by atoms with Crippen LogP contribution in [-0.4, -0.2) is 18.6 Å². The zero-order valence-electron chi connectivity index (χ0n) is 14.2. The average molecular weight is 349 g/mol. The smallest absolute Gasteiger partial charge is 0.0502 e. The lowest BCUT2D eigenvalue weighted by Gasteiger charge is -2.18. The van der Waals surface area contributed by atoms with E-state index in [1.54, 1.807) is 0 Å². The van der Waals surface area contributed by atoms with E-state index in [1.165, 1.54) is 21.9 Å². The molecule has 0 saturated carbocycles. The first-order valence-corrected chi connectivity index (χ1v) is 9.04. The van der Waals surface area contributed by atoms with Crippen LogP contribution < -0.4 is 5.32 Å². The number of hydrogen-bond donors (Lipinski definition) is 2. The minimum Gasteiger partial charge on any atom is -0.361 e. The Labute approximate surface area is 152 Å². The topological polar surface area (TPSA) is 27.8 Å². The number of hydrogen-bond acceptors (Lipinski definition) is 1. The molecule has 1 atom stereocenters. The first-order chi connectivity index (χ1) is 12.3. The summed E-state index contributed by atoms with van der Waals surface area (Å²) in [6.45, 7) is 0.953. The highest BCUT2D eigenvalue weighted by molar-refractivity contribution is 6.35. The van der Waals surface area contributed by atoms with Crippen molar-refractivity contribution < 1.29 is 0 Å². The van der Waals surface area contributed by atoms with E-state index in [2.05, 4.69) is 65.0 Å². The van der Waals surface area contributed by atoms with Crippen molar-refractivity contribution in [3.8, 4) is 0 Å². The van der Waals surface area contributed by atoms with Crippen LogP contribution in [0.2, 0.25) is 5.02 Å². The first kappa shape index (κ1) is 16.2. The Morgan fingerprint density at radius 2 is 1.84 bits per heavy atom. The van der Waals surface area contributed by atoms with Gasteiger partial charge < -0.3 is 10.3 Å². The molecule has 2 N–H and O–H groups in total. The number of aromatic amines is 1. The molecule has 0 aliphatic rings. The van der Waals surface area contributed by atoms with Crippen LogP contribution in [0.5, 0.6) is 0 Å². The van der Waals surface area contributed by atoms with Crippen LogP contribution in [-0.2, 0) is 0 Å². The molecule has 25 heavy (non-hydrogen) atoms. The molecule has 1 aromatic heterocycles. The highest BCUT2D eigenvalue weighted by Crippen LogP contribution is 2.37. The molecule has 4 aromatic rings. The second-order valence-corrected chi connectivity index (χ2v) is 6.87. The van der Waals surface area contributed by atoms with Crippen LogP contribution in [0, 0.1) is 0 Å². The van der Waals surface area contributed by atoms with Gasteiger partial charge in [0.2, 0.25) is 0 Å². The Morgan fingerprint density at radius 1 is 1.00 bits per heavy atom. The van der Waals surface area contributed by atoms with Gasteiger partial charge in [0.15, 0.2) is 0 Å². The standard InChI is InChI=1S/C22H21ClN2/c1-24-12-11-18(17-10-9-15-5-2-3-6-16(15)13-17)19-14-25-21-8-4-7-20(23)22(19)21/h2-10,13-14,18,24-25H,11-12H2,1H3. The second kappa shape index (κ2) is 6.91. The van der Waals surface area contributed by atoms with E-state index in [-0.39, 0.29) is 0 Å². The zero-order chi connectivity index (χ0) is 17.2. The summed E-state index contributed by atoms with van der Waals surface area (Å²) in [7, 11) is 2.00. The van der Waals surface area contributed by atoms with Gasteiger partial charge in [0.1, 0.15) is 0 Å². The summed E-state index contributed by atoms with van der Waals surface area (Å²) in [6, 6.07) is 21.3. The van der Waals surface area contributed by atoms with Crippen molar-refractivity contribution in [3.63, 3.8) is 0 Å². The number of rotatable bonds is 5. The third-order valence-electron chi connectivity index (χ3n) is 4.92. The lowest BCUT2D eigenvalue weighted by Crippen LogP contribution is -2.13. The largest absolute Gasteiger partial charge is 0.361 e. The number of H-pyrrole nitrogens is 1. The third-order valence-corrected chi connectivity index (χ3v) is 5.23. The predicted octanol–water partition coefficient (Wildman–Crippen LogP) is 5.72. The van der Waals surface area contributed by atoms with Crippen LogP contribution >= 0.6 is 11.6 Å². The number of benzene rings is 3. The van der Waals surface area contributed by atoms with Gasteiger partial charge in [-0.05, 0) is 54.0 Å². The number of fused-ring (bicyclic) bond motifs is 2. The molecule has 1 unspecified atom stereocenters. The monoisotopic (exact) mass is 348 g/mol. The van der Waals surface area contributed by atoms with Crippen molar-refractivity contribution in [2.24, 2.45) is 0 Å². The molecule has 4 rings (SSSR count). The van der Waals surface area contributed by atoms with Gasteiger partial charge in [-0.25, -0.2) is 0 Å². The van der Waals surface area contributed by atoms with Gasteiger partial charge in [-0.15, -0.1) is 0 Å². The van der Waals surface area contributed by atoms with E-state index in [0.29, 0.717) is 5.92 Å². The van der Waals surface area contributed by atoms with Crippen molar-refractivity contribution in [1.82, 2.24) is 10.3 Å². The molecular formula is C22H21ClN2. The summed E-state index contributed by atoms with van der Waals surface area (Å²) in [6.07, 6.45) is 3.14. The van der Waals surface area contributed by atoms with Crippen molar-refractivity contribution >= 4 is 33.3 Å². The normalized spacial score (nSPS) is 12.7. The van der Waals surface area contributed by atoms with Crippen LogP contribution in [0.3, 0.4) is 0 Å². The molecule has 0 aliphatic carbocycles. The highest BCUT2D eigenvalue weighted by atomic mass is 35.5. The van der Waals surface area contributed by atoms with E-state index in [1.807, 2.05) is 19.2 Å². The van der Waals surface area contributed by atoms with Crippen LogP contribution in [0.25, 0.3) is 21.7 Å². The predicted molar refractivity (Wildman–Crippen MR) is 108 cm³/mol. The summed E-state index contributed by atoms with van der Waals surface area (Å²) < 4.78 is 0. The van der Waals surface area contributed by atoms with Gasteiger partial charge >= 0.3 is 0 Å². The van der Waals surface area contributed by atoms with E-state index >= 15 is 0 Å². The van der Waals surface area contributed by atoms with Crippen LogP contribution in [0.4, 0.5) is 0 Å². The van der Waals surface area contributed by atoms with Crippen molar-refractivity contribution in [2.45, 2.75) is 12.3 Å². The van der Waals surface area contributed by atoms with Crippen molar-refractivity contribution in [3.05, 3.63) is 83.0 Å². The number of halogens is 1. The molecular weight excluding hydrogens is 328 g/mol. The molecule has 3 heteroatoms.